The van der Waals surface area contributed by atoms with Crippen LogP contribution in [-0.4, -0.2) is 43.1 Å². The van der Waals surface area contributed by atoms with Gasteiger partial charge >= 0.3 is 0 Å². The Morgan fingerprint density at radius 3 is 2.64 bits per heavy atom. The quantitative estimate of drug-likeness (QED) is 0.415. The van der Waals surface area contributed by atoms with Gasteiger partial charge in [0.15, 0.2) is 5.79 Å². The molecule has 0 radical (unpaired) electrons. The van der Waals surface area contributed by atoms with Gasteiger partial charge in [0.2, 0.25) is 0 Å². The number of nitrogens with zero attached hydrogens (tertiary/aromatic N) is 2. The topological polar surface area (TPSA) is 79.7 Å². The third-order valence-electron chi connectivity index (χ3n) is 5.55. The first kappa shape index (κ1) is 23.6. The number of imidazole rings is 1. The molecule has 0 bridgehead atoms. The van der Waals surface area contributed by atoms with E-state index in [1.807, 2.05) is 17.7 Å². The summed E-state index contributed by atoms with van der Waals surface area (Å²) in [6.07, 6.45) is 6.71. The van der Waals surface area contributed by atoms with Gasteiger partial charge in [0, 0.05) is 18.8 Å². The molecule has 0 spiro atoms. The van der Waals surface area contributed by atoms with Gasteiger partial charge < -0.3 is 14.0 Å². The SMILES string of the molecule is Cc1ccc(S(=O)(=O)OC[C@H]2CO[C@](CCCc3ccc(F)cc3)(Cn3ccnc3)O2)cc1. The third-order valence-corrected chi connectivity index (χ3v) is 6.85. The van der Waals surface area contributed by atoms with Crippen molar-refractivity contribution in [2.24, 2.45) is 0 Å². The molecule has 2 aromatic carbocycles. The van der Waals surface area contributed by atoms with Gasteiger partial charge in [0.25, 0.3) is 10.1 Å². The minimum Gasteiger partial charge on any atom is -0.345 e. The van der Waals surface area contributed by atoms with Crippen LogP contribution in [0.2, 0.25) is 0 Å². The van der Waals surface area contributed by atoms with Crippen molar-refractivity contribution < 1.29 is 26.5 Å². The summed E-state index contributed by atoms with van der Waals surface area (Å²) in [6, 6.07) is 12.9. The number of aryl methyl sites for hydroxylation is 2. The van der Waals surface area contributed by atoms with E-state index in [1.54, 1.807) is 36.8 Å². The lowest BCUT2D eigenvalue weighted by Crippen LogP contribution is -2.37. The lowest BCUT2D eigenvalue weighted by Gasteiger charge is -2.28. The molecule has 176 valence electrons. The van der Waals surface area contributed by atoms with E-state index in [1.165, 1.54) is 24.3 Å². The highest BCUT2D eigenvalue weighted by molar-refractivity contribution is 7.86. The maximum Gasteiger partial charge on any atom is 0.297 e. The molecule has 1 saturated heterocycles. The van der Waals surface area contributed by atoms with E-state index in [9.17, 15) is 12.8 Å². The summed E-state index contributed by atoms with van der Waals surface area (Å²) in [7, 11) is -3.89. The predicted molar refractivity (Wildman–Crippen MR) is 119 cm³/mol. The summed E-state index contributed by atoms with van der Waals surface area (Å²) in [5.74, 6) is -1.19. The third kappa shape index (κ3) is 6.26. The first-order valence-corrected chi connectivity index (χ1v) is 12.2. The molecule has 1 aromatic heterocycles. The van der Waals surface area contributed by atoms with Crippen molar-refractivity contribution in [3.8, 4) is 0 Å². The van der Waals surface area contributed by atoms with Crippen LogP contribution in [0.1, 0.15) is 24.0 Å². The molecular weight excluding hydrogens is 447 g/mol. The van der Waals surface area contributed by atoms with E-state index in [-0.39, 0.29) is 23.9 Å². The molecule has 4 rings (SSSR count). The fourth-order valence-corrected chi connectivity index (χ4v) is 4.74. The number of rotatable bonds is 10. The Labute approximate surface area is 193 Å². The molecule has 1 fully saturated rings. The predicted octanol–water partition coefficient (Wildman–Crippen LogP) is 3.87. The molecule has 9 heteroatoms. The van der Waals surface area contributed by atoms with Crippen molar-refractivity contribution in [1.29, 1.82) is 0 Å². The van der Waals surface area contributed by atoms with Crippen LogP contribution in [-0.2, 0) is 36.7 Å². The summed E-state index contributed by atoms with van der Waals surface area (Å²) in [5, 5.41) is 0. The average Bonchev–Trinajstić information content (AvgIpc) is 3.45. The highest BCUT2D eigenvalue weighted by atomic mass is 32.2. The van der Waals surface area contributed by atoms with E-state index in [2.05, 4.69) is 4.98 Å². The van der Waals surface area contributed by atoms with E-state index in [4.69, 9.17) is 13.7 Å². The standard InChI is InChI=1S/C24H27FN2O5S/c1-19-4-10-23(11-5-19)33(28,29)31-16-22-15-30-24(32-22,17-27-14-13-26-18-27)12-2-3-20-6-8-21(25)9-7-20/h4-11,13-14,18,22H,2-3,12,15-17H2,1H3/t22-,24+/m1/s1. The summed E-state index contributed by atoms with van der Waals surface area (Å²) >= 11 is 0. The summed E-state index contributed by atoms with van der Waals surface area (Å²) in [5.41, 5.74) is 1.99. The number of aromatic nitrogens is 2. The minimum absolute atomic E-state index is 0.107. The molecule has 2 atom stereocenters. The Kier molecular flexibility index (Phi) is 7.23. The molecule has 0 aliphatic carbocycles. The fraction of sp³-hybridized carbons (Fsp3) is 0.375. The van der Waals surface area contributed by atoms with E-state index in [0.29, 0.717) is 13.0 Å². The molecule has 3 aromatic rings. The van der Waals surface area contributed by atoms with Crippen LogP contribution >= 0.6 is 0 Å². The number of halogens is 1. The van der Waals surface area contributed by atoms with Crippen LogP contribution in [0.5, 0.6) is 0 Å². The van der Waals surface area contributed by atoms with E-state index in [0.717, 1.165) is 24.0 Å². The largest absolute Gasteiger partial charge is 0.345 e. The van der Waals surface area contributed by atoms with Gasteiger partial charge in [-0.05, 0) is 49.6 Å². The molecule has 0 unspecified atom stereocenters. The Morgan fingerprint density at radius 1 is 1.18 bits per heavy atom. The molecule has 2 heterocycles. The highest BCUT2D eigenvalue weighted by Gasteiger charge is 2.42. The smallest absolute Gasteiger partial charge is 0.297 e. The monoisotopic (exact) mass is 474 g/mol. The van der Waals surface area contributed by atoms with Crippen molar-refractivity contribution in [3.05, 3.63) is 84.2 Å². The van der Waals surface area contributed by atoms with Crippen LogP contribution < -0.4 is 0 Å². The Bertz CT molecular complexity index is 1130. The first-order valence-electron chi connectivity index (χ1n) is 10.8. The Hall–Kier alpha value is -2.59. The summed E-state index contributed by atoms with van der Waals surface area (Å²) in [6.45, 7) is 2.38. The molecule has 0 N–H and O–H groups in total. The van der Waals surface area contributed by atoms with Crippen molar-refractivity contribution in [2.45, 2.75) is 49.5 Å². The number of ether oxygens (including phenoxy) is 2. The van der Waals surface area contributed by atoms with Crippen molar-refractivity contribution in [2.75, 3.05) is 13.2 Å². The summed E-state index contributed by atoms with van der Waals surface area (Å²) < 4.78 is 57.6. The lowest BCUT2D eigenvalue weighted by atomic mass is 10.0. The van der Waals surface area contributed by atoms with Gasteiger partial charge in [0.1, 0.15) is 11.9 Å². The van der Waals surface area contributed by atoms with Crippen LogP contribution in [0.3, 0.4) is 0 Å². The van der Waals surface area contributed by atoms with Crippen LogP contribution in [0.4, 0.5) is 4.39 Å². The minimum atomic E-state index is -3.89. The second-order valence-electron chi connectivity index (χ2n) is 8.23. The molecule has 1 aliphatic rings. The van der Waals surface area contributed by atoms with Gasteiger partial charge in [-0.1, -0.05) is 29.8 Å². The molecule has 1 aliphatic heterocycles. The number of hydrogen-bond acceptors (Lipinski definition) is 6. The molecule has 7 nitrogen and oxygen atoms in total. The normalized spacial score (nSPS) is 20.8. The second kappa shape index (κ2) is 10.1. The zero-order chi connectivity index (χ0) is 23.3. The second-order valence-corrected chi connectivity index (χ2v) is 9.84. The average molecular weight is 475 g/mol. The fourth-order valence-electron chi connectivity index (χ4n) is 3.80. The lowest BCUT2D eigenvalue weighted by molar-refractivity contribution is -0.185. The van der Waals surface area contributed by atoms with Gasteiger partial charge in [-0.15, -0.1) is 0 Å². The number of benzene rings is 2. The van der Waals surface area contributed by atoms with E-state index >= 15 is 0 Å². The maximum absolute atomic E-state index is 13.1. The van der Waals surface area contributed by atoms with Gasteiger partial charge in [0.05, 0.1) is 31.0 Å². The molecular formula is C24H27FN2O5S. The van der Waals surface area contributed by atoms with Crippen molar-refractivity contribution in [3.63, 3.8) is 0 Å². The van der Waals surface area contributed by atoms with Gasteiger partial charge in [-0.2, -0.15) is 8.42 Å². The van der Waals surface area contributed by atoms with Gasteiger partial charge in [-0.3, -0.25) is 4.18 Å². The maximum atomic E-state index is 13.1. The van der Waals surface area contributed by atoms with E-state index < -0.39 is 22.0 Å². The highest BCUT2D eigenvalue weighted by Crippen LogP contribution is 2.32. The number of hydrogen-bond donors (Lipinski definition) is 0. The molecule has 0 saturated carbocycles. The molecule has 0 amide bonds. The molecule has 33 heavy (non-hydrogen) atoms. The Balaban J connectivity index is 1.38. The van der Waals surface area contributed by atoms with Crippen LogP contribution in [0, 0.1) is 12.7 Å². The first-order chi connectivity index (χ1) is 15.8. The van der Waals surface area contributed by atoms with Crippen molar-refractivity contribution >= 4 is 10.1 Å². The van der Waals surface area contributed by atoms with Crippen molar-refractivity contribution in [1.82, 2.24) is 9.55 Å². The zero-order valence-corrected chi connectivity index (χ0v) is 19.2. The van der Waals surface area contributed by atoms with Crippen LogP contribution in [0.15, 0.2) is 72.1 Å². The van der Waals surface area contributed by atoms with Crippen LogP contribution in [0.25, 0.3) is 0 Å². The van der Waals surface area contributed by atoms with Gasteiger partial charge in [-0.25, -0.2) is 9.37 Å². The zero-order valence-electron chi connectivity index (χ0n) is 18.4. The summed E-state index contributed by atoms with van der Waals surface area (Å²) in [4.78, 5) is 4.18. The Morgan fingerprint density at radius 2 is 1.94 bits per heavy atom.